The summed E-state index contributed by atoms with van der Waals surface area (Å²) in [5.41, 5.74) is 0.566. The van der Waals surface area contributed by atoms with Crippen LogP contribution in [0.2, 0.25) is 0 Å². The van der Waals surface area contributed by atoms with Crippen molar-refractivity contribution in [3.05, 3.63) is 42.2 Å². The van der Waals surface area contributed by atoms with Gasteiger partial charge in [0.25, 0.3) is 5.91 Å². The Morgan fingerprint density at radius 1 is 1.22 bits per heavy atom. The topological polar surface area (TPSA) is 65.4 Å². The number of aromatic nitrogens is 2. The Morgan fingerprint density at radius 2 is 2.00 bits per heavy atom. The van der Waals surface area contributed by atoms with Gasteiger partial charge in [-0.3, -0.25) is 9.48 Å². The first-order chi connectivity index (χ1) is 11.2. The van der Waals surface area contributed by atoms with Crippen LogP contribution >= 0.6 is 0 Å². The Bertz CT molecular complexity index is 612. The van der Waals surface area contributed by atoms with E-state index in [4.69, 9.17) is 9.47 Å². The summed E-state index contributed by atoms with van der Waals surface area (Å²) in [4.78, 5) is 12.2. The molecule has 0 bridgehead atoms. The summed E-state index contributed by atoms with van der Waals surface area (Å²) >= 11 is 0. The maximum atomic E-state index is 12.2. The quantitative estimate of drug-likeness (QED) is 0.722. The van der Waals surface area contributed by atoms with Gasteiger partial charge in [-0.2, -0.15) is 5.10 Å². The fourth-order valence-corrected chi connectivity index (χ4v) is 2.17. The van der Waals surface area contributed by atoms with Crippen molar-refractivity contribution in [3.8, 4) is 11.5 Å². The molecule has 23 heavy (non-hydrogen) atoms. The normalized spacial score (nSPS) is 10.3. The first-order valence-corrected chi connectivity index (χ1v) is 7.89. The van der Waals surface area contributed by atoms with Crippen molar-refractivity contribution in [2.24, 2.45) is 0 Å². The Balaban J connectivity index is 1.89. The van der Waals surface area contributed by atoms with E-state index in [1.54, 1.807) is 24.4 Å². The summed E-state index contributed by atoms with van der Waals surface area (Å²) in [7, 11) is 0. The molecule has 2 aromatic rings. The molecule has 6 heteroatoms. The number of ether oxygens (including phenoxy) is 2. The van der Waals surface area contributed by atoms with E-state index in [0.29, 0.717) is 36.8 Å². The summed E-state index contributed by atoms with van der Waals surface area (Å²) < 4.78 is 12.9. The molecule has 0 atom stereocenters. The number of nitrogens with one attached hydrogen (secondary N) is 1. The van der Waals surface area contributed by atoms with Crippen molar-refractivity contribution in [1.29, 1.82) is 0 Å². The number of hydrogen-bond donors (Lipinski definition) is 1. The predicted molar refractivity (Wildman–Crippen MR) is 88.0 cm³/mol. The SMILES string of the molecule is CCOc1ccc(C(=O)NCCCn2cccn2)cc1OCC. The molecule has 0 saturated heterocycles. The van der Waals surface area contributed by atoms with Crippen molar-refractivity contribution >= 4 is 5.91 Å². The lowest BCUT2D eigenvalue weighted by Crippen LogP contribution is -2.25. The van der Waals surface area contributed by atoms with Crippen LogP contribution in [0.25, 0.3) is 0 Å². The van der Waals surface area contributed by atoms with Crippen LogP contribution in [0.1, 0.15) is 30.6 Å². The second kappa shape index (κ2) is 8.82. The van der Waals surface area contributed by atoms with Crippen LogP contribution in [-0.4, -0.2) is 35.4 Å². The molecule has 6 nitrogen and oxygen atoms in total. The summed E-state index contributed by atoms with van der Waals surface area (Å²) in [5, 5.41) is 7.03. The molecule has 0 saturated carbocycles. The predicted octanol–water partition coefficient (Wildman–Crippen LogP) is 2.50. The third-order valence-corrected chi connectivity index (χ3v) is 3.21. The van der Waals surface area contributed by atoms with Crippen LogP contribution in [0.15, 0.2) is 36.7 Å². The first kappa shape index (κ1) is 16.9. The third kappa shape index (κ3) is 5.02. The molecule has 0 unspecified atom stereocenters. The average Bonchev–Trinajstić information content (AvgIpc) is 3.07. The Hall–Kier alpha value is -2.50. The second-order valence-electron chi connectivity index (χ2n) is 4.91. The van der Waals surface area contributed by atoms with Gasteiger partial charge >= 0.3 is 0 Å². The van der Waals surface area contributed by atoms with Crippen molar-refractivity contribution < 1.29 is 14.3 Å². The highest BCUT2D eigenvalue weighted by Crippen LogP contribution is 2.28. The van der Waals surface area contributed by atoms with Gasteiger partial charge in [0.05, 0.1) is 13.2 Å². The summed E-state index contributed by atoms with van der Waals surface area (Å²) in [6, 6.07) is 7.12. The maximum absolute atomic E-state index is 12.2. The molecular formula is C17H23N3O3. The molecule has 0 aliphatic carbocycles. The lowest BCUT2D eigenvalue weighted by molar-refractivity contribution is 0.0952. The Morgan fingerprint density at radius 3 is 2.70 bits per heavy atom. The van der Waals surface area contributed by atoms with Crippen molar-refractivity contribution in [2.75, 3.05) is 19.8 Å². The lowest BCUT2D eigenvalue weighted by Gasteiger charge is -2.12. The number of aryl methyl sites for hydroxylation is 1. The Kier molecular flexibility index (Phi) is 6.47. The minimum Gasteiger partial charge on any atom is -0.490 e. The van der Waals surface area contributed by atoms with Gasteiger partial charge in [-0.25, -0.2) is 0 Å². The van der Waals surface area contributed by atoms with Crippen LogP contribution in [-0.2, 0) is 6.54 Å². The van der Waals surface area contributed by atoms with Crippen LogP contribution < -0.4 is 14.8 Å². The molecule has 1 aromatic carbocycles. The number of amides is 1. The number of nitrogens with zero attached hydrogens (tertiary/aromatic N) is 2. The molecule has 124 valence electrons. The summed E-state index contributed by atoms with van der Waals surface area (Å²) in [5.74, 6) is 1.14. The van der Waals surface area contributed by atoms with E-state index in [1.807, 2.05) is 30.8 Å². The van der Waals surface area contributed by atoms with Gasteiger partial charge < -0.3 is 14.8 Å². The number of rotatable bonds is 9. The van der Waals surface area contributed by atoms with Gasteiger partial charge in [-0.05, 0) is 44.5 Å². The standard InChI is InChI=1S/C17H23N3O3/c1-3-22-15-8-7-14(13-16(15)23-4-2)17(21)18-9-5-11-20-12-6-10-19-20/h6-8,10,12-13H,3-5,9,11H2,1-2H3,(H,18,21). The van der Waals surface area contributed by atoms with E-state index in [2.05, 4.69) is 10.4 Å². The number of carbonyl (C=O) groups is 1. The smallest absolute Gasteiger partial charge is 0.251 e. The first-order valence-electron chi connectivity index (χ1n) is 7.89. The van der Waals surface area contributed by atoms with E-state index in [0.717, 1.165) is 13.0 Å². The summed E-state index contributed by atoms with van der Waals surface area (Å²) in [6.45, 7) is 6.26. The van der Waals surface area contributed by atoms with Gasteiger partial charge in [0.15, 0.2) is 11.5 Å². The monoisotopic (exact) mass is 317 g/mol. The minimum absolute atomic E-state index is 0.116. The zero-order valence-electron chi connectivity index (χ0n) is 13.6. The number of carbonyl (C=O) groups excluding carboxylic acids is 1. The van der Waals surface area contributed by atoms with E-state index in [-0.39, 0.29) is 5.91 Å². The summed E-state index contributed by atoms with van der Waals surface area (Å²) in [6.07, 6.45) is 4.47. The van der Waals surface area contributed by atoms with Gasteiger partial charge in [0.1, 0.15) is 0 Å². The molecule has 1 N–H and O–H groups in total. The van der Waals surface area contributed by atoms with Crippen LogP contribution in [0.3, 0.4) is 0 Å². The van der Waals surface area contributed by atoms with Crippen molar-refractivity contribution in [2.45, 2.75) is 26.8 Å². The zero-order valence-corrected chi connectivity index (χ0v) is 13.6. The van der Waals surface area contributed by atoms with Crippen LogP contribution in [0, 0.1) is 0 Å². The lowest BCUT2D eigenvalue weighted by atomic mass is 10.2. The third-order valence-electron chi connectivity index (χ3n) is 3.21. The zero-order chi connectivity index (χ0) is 16.5. The molecule has 1 amide bonds. The minimum atomic E-state index is -0.116. The Labute approximate surface area is 136 Å². The number of hydrogen-bond acceptors (Lipinski definition) is 4. The van der Waals surface area contributed by atoms with E-state index >= 15 is 0 Å². The van der Waals surface area contributed by atoms with E-state index in [9.17, 15) is 4.79 Å². The fourth-order valence-electron chi connectivity index (χ4n) is 2.17. The molecule has 0 radical (unpaired) electrons. The van der Waals surface area contributed by atoms with Crippen LogP contribution in [0.5, 0.6) is 11.5 Å². The largest absolute Gasteiger partial charge is 0.490 e. The average molecular weight is 317 g/mol. The molecule has 0 fully saturated rings. The molecule has 1 heterocycles. The number of benzene rings is 1. The molecular weight excluding hydrogens is 294 g/mol. The maximum Gasteiger partial charge on any atom is 0.251 e. The highest BCUT2D eigenvalue weighted by Gasteiger charge is 2.11. The van der Waals surface area contributed by atoms with Crippen LogP contribution in [0.4, 0.5) is 0 Å². The highest BCUT2D eigenvalue weighted by atomic mass is 16.5. The molecule has 0 spiro atoms. The van der Waals surface area contributed by atoms with E-state index < -0.39 is 0 Å². The van der Waals surface area contributed by atoms with Gasteiger partial charge in [-0.1, -0.05) is 0 Å². The molecule has 0 aliphatic heterocycles. The second-order valence-corrected chi connectivity index (χ2v) is 4.91. The van der Waals surface area contributed by atoms with Gasteiger partial charge in [-0.15, -0.1) is 0 Å². The molecule has 1 aromatic heterocycles. The van der Waals surface area contributed by atoms with Gasteiger partial charge in [0, 0.05) is 31.0 Å². The molecule has 2 rings (SSSR count). The van der Waals surface area contributed by atoms with E-state index in [1.165, 1.54) is 0 Å². The van der Waals surface area contributed by atoms with Crippen molar-refractivity contribution in [1.82, 2.24) is 15.1 Å². The highest BCUT2D eigenvalue weighted by molar-refractivity contribution is 5.94. The fraction of sp³-hybridized carbons (Fsp3) is 0.412. The van der Waals surface area contributed by atoms with Crippen molar-refractivity contribution in [3.63, 3.8) is 0 Å². The molecule has 0 aliphatic rings. The van der Waals surface area contributed by atoms with Gasteiger partial charge in [0.2, 0.25) is 0 Å².